The van der Waals surface area contributed by atoms with E-state index in [1.165, 1.54) is 11.3 Å². The van der Waals surface area contributed by atoms with Gasteiger partial charge in [0, 0.05) is 10.9 Å². The standard InChI is InChI=1S/C23H16N4S/c24-14-17-6-10-19(11-7-17)20-12-8-18(9-13-20)15-25-27-23-26-22(16-28-23)21-4-2-1-3-5-21/h1-13,15-16H,(H,26,27). The number of nitriles is 1. The molecule has 0 fully saturated rings. The zero-order valence-corrected chi connectivity index (χ0v) is 15.7. The zero-order chi connectivity index (χ0) is 19.2. The summed E-state index contributed by atoms with van der Waals surface area (Å²) in [6.07, 6.45) is 1.77. The molecule has 0 aliphatic carbocycles. The van der Waals surface area contributed by atoms with Gasteiger partial charge in [0.15, 0.2) is 0 Å². The molecule has 0 amide bonds. The molecule has 0 saturated carbocycles. The molecular formula is C23H16N4S. The Hall–Kier alpha value is -3.75. The third kappa shape index (κ3) is 4.14. The summed E-state index contributed by atoms with van der Waals surface area (Å²) >= 11 is 1.52. The van der Waals surface area contributed by atoms with Gasteiger partial charge in [-0.05, 0) is 28.8 Å². The third-order valence-corrected chi connectivity index (χ3v) is 4.95. The fourth-order valence-electron chi connectivity index (χ4n) is 2.73. The largest absolute Gasteiger partial charge is 0.253 e. The van der Waals surface area contributed by atoms with Crippen LogP contribution < -0.4 is 5.43 Å². The first-order valence-electron chi connectivity index (χ1n) is 8.72. The molecule has 4 rings (SSSR count). The van der Waals surface area contributed by atoms with Gasteiger partial charge in [0.05, 0.1) is 23.5 Å². The van der Waals surface area contributed by atoms with Crippen molar-refractivity contribution in [1.29, 1.82) is 5.26 Å². The lowest BCUT2D eigenvalue weighted by molar-refractivity contribution is 1.29. The highest BCUT2D eigenvalue weighted by Crippen LogP contribution is 2.24. The van der Waals surface area contributed by atoms with Gasteiger partial charge in [-0.15, -0.1) is 11.3 Å². The number of anilines is 1. The minimum absolute atomic E-state index is 0.663. The van der Waals surface area contributed by atoms with Crippen molar-refractivity contribution in [3.63, 3.8) is 0 Å². The van der Waals surface area contributed by atoms with E-state index in [4.69, 9.17) is 5.26 Å². The Bertz CT molecular complexity index is 1120. The molecule has 0 aliphatic heterocycles. The van der Waals surface area contributed by atoms with Gasteiger partial charge in [-0.25, -0.2) is 4.98 Å². The van der Waals surface area contributed by atoms with E-state index >= 15 is 0 Å². The first-order chi connectivity index (χ1) is 13.8. The van der Waals surface area contributed by atoms with Crippen molar-refractivity contribution in [1.82, 2.24) is 4.98 Å². The maximum absolute atomic E-state index is 8.89. The summed E-state index contributed by atoms with van der Waals surface area (Å²) in [5.41, 5.74) is 8.85. The van der Waals surface area contributed by atoms with Gasteiger partial charge in [-0.3, -0.25) is 5.43 Å². The normalized spacial score (nSPS) is 10.7. The van der Waals surface area contributed by atoms with Crippen LogP contribution in [0, 0.1) is 11.3 Å². The maximum Gasteiger partial charge on any atom is 0.203 e. The number of nitrogens with one attached hydrogen (secondary N) is 1. The summed E-state index contributed by atoms with van der Waals surface area (Å²) < 4.78 is 0. The van der Waals surface area contributed by atoms with Crippen LogP contribution >= 0.6 is 11.3 Å². The number of hydrogen-bond acceptors (Lipinski definition) is 5. The van der Waals surface area contributed by atoms with Gasteiger partial charge in [-0.2, -0.15) is 10.4 Å². The zero-order valence-electron chi connectivity index (χ0n) is 14.9. The summed E-state index contributed by atoms with van der Waals surface area (Å²) in [5, 5.41) is 15.9. The molecule has 4 aromatic rings. The van der Waals surface area contributed by atoms with E-state index in [1.54, 1.807) is 6.21 Å². The van der Waals surface area contributed by atoms with Crippen LogP contribution in [0.25, 0.3) is 22.4 Å². The highest BCUT2D eigenvalue weighted by atomic mass is 32.1. The monoisotopic (exact) mass is 380 g/mol. The molecule has 0 radical (unpaired) electrons. The quantitative estimate of drug-likeness (QED) is 0.352. The summed E-state index contributed by atoms with van der Waals surface area (Å²) in [5.74, 6) is 0. The van der Waals surface area contributed by atoms with Crippen molar-refractivity contribution in [2.45, 2.75) is 0 Å². The Labute approximate surface area is 167 Å². The first kappa shape index (κ1) is 17.7. The molecule has 0 bridgehead atoms. The van der Waals surface area contributed by atoms with Crippen LogP contribution in [0.1, 0.15) is 11.1 Å². The molecule has 1 aromatic heterocycles. The van der Waals surface area contributed by atoms with Crippen LogP contribution in [-0.4, -0.2) is 11.2 Å². The smallest absolute Gasteiger partial charge is 0.203 e. The Morgan fingerprint density at radius 2 is 1.54 bits per heavy atom. The molecule has 1 heterocycles. The van der Waals surface area contributed by atoms with E-state index in [9.17, 15) is 0 Å². The van der Waals surface area contributed by atoms with Crippen molar-refractivity contribution < 1.29 is 0 Å². The van der Waals surface area contributed by atoms with Gasteiger partial charge in [0.1, 0.15) is 0 Å². The molecule has 28 heavy (non-hydrogen) atoms. The van der Waals surface area contributed by atoms with Gasteiger partial charge >= 0.3 is 0 Å². The van der Waals surface area contributed by atoms with Crippen molar-refractivity contribution >= 4 is 22.7 Å². The fourth-order valence-corrected chi connectivity index (χ4v) is 3.40. The average Bonchev–Trinajstić information content (AvgIpc) is 3.24. The number of aromatic nitrogens is 1. The molecule has 5 heteroatoms. The predicted molar refractivity (Wildman–Crippen MR) is 115 cm³/mol. The van der Waals surface area contributed by atoms with Crippen molar-refractivity contribution in [2.24, 2.45) is 5.10 Å². The third-order valence-electron chi connectivity index (χ3n) is 4.21. The molecule has 1 N–H and O–H groups in total. The van der Waals surface area contributed by atoms with Crippen LogP contribution in [0.3, 0.4) is 0 Å². The molecule has 0 spiro atoms. The van der Waals surface area contributed by atoms with Gasteiger partial charge in [-0.1, -0.05) is 66.7 Å². The molecule has 134 valence electrons. The Morgan fingerprint density at radius 1 is 0.857 bits per heavy atom. The first-order valence-corrected chi connectivity index (χ1v) is 9.60. The topological polar surface area (TPSA) is 61.1 Å². The van der Waals surface area contributed by atoms with E-state index in [-0.39, 0.29) is 0 Å². The average molecular weight is 380 g/mol. The van der Waals surface area contributed by atoms with E-state index in [0.29, 0.717) is 5.56 Å². The van der Waals surface area contributed by atoms with Gasteiger partial charge in [0.25, 0.3) is 0 Å². The van der Waals surface area contributed by atoms with Crippen LogP contribution in [-0.2, 0) is 0 Å². The number of nitrogens with zero attached hydrogens (tertiary/aromatic N) is 3. The Balaban J connectivity index is 1.40. The second-order valence-corrected chi connectivity index (χ2v) is 6.94. The lowest BCUT2D eigenvalue weighted by atomic mass is 10.0. The van der Waals surface area contributed by atoms with Gasteiger partial charge < -0.3 is 0 Å². The lowest BCUT2D eigenvalue weighted by Gasteiger charge is -2.02. The van der Waals surface area contributed by atoms with E-state index in [0.717, 1.165) is 33.1 Å². The highest BCUT2D eigenvalue weighted by molar-refractivity contribution is 7.14. The highest BCUT2D eigenvalue weighted by Gasteiger charge is 2.03. The summed E-state index contributed by atoms with van der Waals surface area (Å²) in [7, 11) is 0. The number of thiazole rings is 1. The molecular weight excluding hydrogens is 364 g/mol. The minimum Gasteiger partial charge on any atom is -0.253 e. The SMILES string of the molecule is N#Cc1ccc(-c2ccc(C=NNc3nc(-c4ccccc4)cs3)cc2)cc1. The Kier molecular flexibility index (Phi) is 5.23. The second kappa shape index (κ2) is 8.30. The van der Waals surface area contributed by atoms with Crippen LogP contribution in [0.5, 0.6) is 0 Å². The van der Waals surface area contributed by atoms with E-state index in [2.05, 4.69) is 21.6 Å². The van der Waals surface area contributed by atoms with Crippen molar-refractivity contribution in [3.8, 4) is 28.5 Å². The number of hydrogen-bond donors (Lipinski definition) is 1. The summed E-state index contributed by atoms with van der Waals surface area (Å²) in [6.45, 7) is 0. The van der Waals surface area contributed by atoms with Crippen molar-refractivity contribution in [2.75, 3.05) is 5.43 Å². The van der Waals surface area contributed by atoms with E-state index in [1.807, 2.05) is 84.2 Å². The minimum atomic E-state index is 0.663. The number of hydrazone groups is 1. The summed E-state index contributed by atoms with van der Waals surface area (Å²) in [6, 6.07) is 27.9. The molecule has 0 aliphatic rings. The lowest BCUT2D eigenvalue weighted by Crippen LogP contribution is -1.90. The van der Waals surface area contributed by atoms with Crippen molar-refractivity contribution in [3.05, 3.63) is 95.4 Å². The van der Waals surface area contributed by atoms with Gasteiger partial charge in [0.2, 0.25) is 5.13 Å². The fraction of sp³-hybridized carbons (Fsp3) is 0. The molecule has 0 saturated heterocycles. The predicted octanol–water partition coefficient (Wildman–Crippen LogP) is 5.79. The molecule has 3 aromatic carbocycles. The second-order valence-electron chi connectivity index (χ2n) is 6.09. The van der Waals surface area contributed by atoms with E-state index < -0.39 is 0 Å². The van der Waals surface area contributed by atoms with Crippen LogP contribution in [0.4, 0.5) is 5.13 Å². The van der Waals surface area contributed by atoms with Crippen LogP contribution in [0.2, 0.25) is 0 Å². The number of rotatable bonds is 5. The molecule has 0 atom stereocenters. The Morgan fingerprint density at radius 3 is 2.21 bits per heavy atom. The number of benzene rings is 3. The maximum atomic E-state index is 8.89. The van der Waals surface area contributed by atoms with Crippen LogP contribution in [0.15, 0.2) is 89.3 Å². The summed E-state index contributed by atoms with van der Waals surface area (Å²) in [4.78, 5) is 4.55. The molecule has 4 nitrogen and oxygen atoms in total. The molecule has 0 unspecified atom stereocenters.